The van der Waals surface area contributed by atoms with Gasteiger partial charge in [0, 0.05) is 18.1 Å². The van der Waals surface area contributed by atoms with Crippen molar-refractivity contribution in [3.63, 3.8) is 0 Å². The van der Waals surface area contributed by atoms with Crippen LogP contribution < -0.4 is 0 Å². The van der Waals surface area contributed by atoms with Gasteiger partial charge in [-0.2, -0.15) is 0 Å². The van der Waals surface area contributed by atoms with E-state index >= 15 is 0 Å². The van der Waals surface area contributed by atoms with Crippen molar-refractivity contribution in [1.29, 1.82) is 0 Å². The van der Waals surface area contributed by atoms with Gasteiger partial charge in [-0.3, -0.25) is 9.78 Å². The molecule has 0 aliphatic heterocycles. The number of thiophene rings is 1. The summed E-state index contributed by atoms with van der Waals surface area (Å²) >= 11 is 1.66. The van der Waals surface area contributed by atoms with Gasteiger partial charge in [0.1, 0.15) is 5.69 Å². The van der Waals surface area contributed by atoms with Crippen molar-refractivity contribution < 1.29 is 4.79 Å². The Balaban J connectivity index is 2.09. The summed E-state index contributed by atoms with van der Waals surface area (Å²) in [4.78, 5) is 23.2. The molecule has 2 aromatic rings. The summed E-state index contributed by atoms with van der Waals surface area (Å²) < 4.78 is 0. The maximum Gasteiger partial charge on any atom is 0.274 e. The monoisotopic (exact) mass is 261 g/mol. The van der Waals surface area contributed by atoms with Gasteiger partial charge in [-0.15, -0.1) is 11.3 Å². The van der Waals surface area contributed by atoms with E-state index in [-0.39, 0.29) is 5.91 Å². The molecule has 1 amide bonds. The van der Waals surface area contributed by atoms with Crippen molar-refractivity contribution in [3.8, 4) is 0 Å². The second-order valence-corrected chi connectivity index (χ2v) is 5.23. The number of hydrogen-bond donors (Lipinski definition) is 0. The smallest absolute Gasteiger partial charge is 0.274 e. The van der Waals surface area contributed by atoms with Crippen LogP contribution in [0.1, 0.15) is 26.6 Å². The van der Waals surface area contributed by atoms with Crippen molar-refractivity contribution in [1.82, 2.24) is 14.9 Å². The first kappa shape index (κ1) is 12.7. The molecule has 0 aromatic carbocycles. The fourth-order valence-corrected chi connectivity index (χ4v) is 2.51. The number of rotatable bonds is 3. The van der Waals surface area contributed by atoms with E-state index in [1.54, 1.807) is 29.5 Å². The molecule has 0 saturated carbocycles. The van der Waals surface area contributed by atoms with Gasteiger partial charge in [0.2, 0.25) is 0 Å². The maximum atomic E-state index is 12.1. The first-order valence-electron chi connectivity index (χ1n) is 5.65. The van der Waals surface area contributed by atoms with Crippen LogP contribution in [-0.4, -0.2) is 27.8 Å². The topological polar surface area (TPSA) is 46.1 Å². The number of aryl methyl sites for hydroxylation is 2. The third-order valence-electron chi connectivity index (χ3n) is 2.70. The van der Waals surface area contributed by atoms with E-state index < -0.39 is 0 Å². The first-order chi connectivity index (χ1) is 8.58. The van der Waals surface area contributed by atoms with Crippen LogP contribution in [0.15, 0.2) is 23.8 Å². The molecule has 0 radical (unpaired) electrons. The minimum Gasteiger partial charge on any atom is -0.335 e. The predicted molar refractivity (Wildman–Crippen MR) is 71.6 cm³/mol. The lowest BCUT2D eigenvalue weighted by molar-refractivity contribution is 0.0780. The highest BCUT2D eigenvalue weighted by molar-refractivity contribution is 7.10. The highest BCUT2D eigenvalue weighted by atomic mass is 32.1. The molecule has 18 heavy (non-hydrogen) atoms. The number of nitrogens with zero attached hydrogens (tertiary/aromatic N) is 3. The lowest BCUT2D eigenvalue weighted by Crippen LogP contribution is -2.27. The van der Waals surface area contributed by atoms with Crippen molar-refractivity contribution in [2.24, 2.45) is 0 Å². The van der Waals surface area contributed by atoms with E-state index in [9.17, 15) is 4.79 Å². The fourth-order valence-electron chi connectivity index (χ4n) is 1.55. The Morgan fingerprint density at radius 1 is 1.33 bits per heavy atom. The molecule has 94 valence electrons. The van der Waals surface area contributed by atoms with Gasteiger partial charge in [-0.25, -0.2) is 4.98 Å². The Hall–Kier alpha value is -1.75. The van der Waals surface area contributed by atoms with E-state index in [2.05, 4.69) is 23.0 Å². The second-order valence-electron chi connectivity index (χ2n) is 4.23. The molecule has 0 saturated heterocycles. The minimum absolute atomic E-state index is 0.102. The number of carbonyl (C=O) groups is 1. The zero-order valence-electron chi connectivity index (χ0n) is 10.7. The Bertz CT molecular complexity index is 548. The largest absolute Gasteiger partial charge is 0.335 e. The molecule has 0 bridgehead atoms. The molecule has 2 heterocycles. The second kappa shape index (κ2) is 5.27. The summed E-state index contributed by atoms with van der Waals surface area (Å²) in [7, 11) is 1.78. The van der Waals surface area contributed by atoms with Crippen LogP contribution in [0.25, 0.3) is 0 Å². The molecule has 0 unspecified atom stereocenters. The molecule has 0 aliphatic rings. The van der Waals surface area contributed by atoms with Gasteiger partial charge >= 0.3 is 0 Å². The average molecular weight is 261 g/mol. The minimum atomic E-state index is -0.102. The Morgan fingerprint density at radius 2 is 2.11 bits per heavy atom. The maximum absolute atomic E-state index is 12.1. The Kier molecular flexibility index (Phi) is 3.72. The van der Waals surface area contributed by atoms with Crippen LogP contribution in [0.4, 0.5) is 0 Å². The number of carbonyl (C=O) groups excluding carboxylic acids is 1. The molecule has 0 spiro atoms. The predicted octanol–water partition coefficient (Wildman–Crippen LogP) is 2.43. The average Bonchev–Trinajstić information content (AvgIpc) is 2.75. The molecule has 0 N–H and O–H groups in total. The number of aromatic nitrogens is 2. The summed E-state index contributed by atoms with van der Waals surface area (Å²) in [5.74, 6) is -0.102. The molecule has 2 aromatic heterocycles. The molecular formula is C13H15N3OS. The van der Waals surface area contributed by atoms with Gasteiger partial charge in [0.05, 0.1) is 18.4 Å². The van der Waals surface area contributed by atoms with Crippen molar-refractivity contribution in [2.45, 2.75) is 20.4 Å². The first-order valence-corrected chi connectivity index (χ1v) is 6.53. The van der Waals surface area contributed by atoms with Gasteiger partial charge in [0.15, 0.2) is 0 Å². The highest BCUT2D eigenvalue weighted by Gasteiger charge is 2.14. The van der Waals surface area contributed by atoms with Crippen molar-refractivity contribution >= 4 is 17.2 Å². The summed E-state index contributed by atoms with van der Waals surface area (Å²) in [5.41, 5.74) is 2.41. The highest BCUT2D eigenvalue weighted by Crippen LogP contribution is 2.17. The summed E-state index contributed by atoms with van der Waals surface area (Å²) in [5, 5.41) is 2.04. The van der Waals surface area contributed by atoms with Gasteiger partial charge in [-0.1, -0.05) is 0 Å². The molecule has 0 fully saturated rings. The summed E-state index contributed by atoms with van der Waals surface area (Å²) in [6.07, 6.45) is 3.13. The van der Waals surface area contributed by atoms with Crippen LogP contribution in [-0.2, 0) is 6.54 Å². The molecule has 0 aliphatic carbocycles. The van der Waals surface area contributed by atoms with E-state index in [1.165, 1.54) is 16.6 Å². The van der Waals surface area contributed by atoms with Crippen molar-refractivity contribution in [2.75, 3.05) is 7.05 Å². The quantitative estimate of drug-likeness (QED) is 0.852. The van der Waals surface area contributed by atoms with Crippen LogP contribution in [0.5, 0.6) is 0 Å². The van der Waals surface area contributed by atoms with E-state index in [4.69, 9.17) is 0 Å². The van der Waals surface area contributed by atoms with Crippen molar-refractivity contribution in [3.05, 3.63) is 45.7 Å². The third-order valence-corrected chi connectivity index (χ3v) is 3.70. The summed E-state index contributed by atoms with van der Waals surface area (Å²) in [6, 6.07) is 2.06. The Morgan fingerprint density at radius 3 is 2.67 bits per heavy atom. The zero-order valence-corrected chi connectivity index (χ0v) is 11.5. The Labute approximate surface area is 110 Å². The van der Waals surface area contributed by atoms with Gasteiger partial charge < -0.3 is 4.90 Å². The summed E-state index contributed by atoms with van der Waals surface area (Å²) in [6.45, 7) is 4.51. The molecule has 0 atom stereocenters. The molecule has 5 heteroatoms. The lowest BCUT2D eigenvalue weighted by atomic mass is 10.2. The number of amides is 1. The molecular weight excluding hydrogens is 246 g/mol. The van der Waals surface area contributed by atoms with Gasteiger partial charge in [-0.05, 0) is 30.9 Å². The lowest BCUT2D eigenvalue weighted by Gasteiger charge is -2.16. The van der Waals surface area contributed by atoms with E-state index in [1.807, 2.05) is 12.3 Å². The van der Waals surface area contributed by atoms with Gasteiger partial charge in [0.25, 0.3) is 5.91 Å². The normalized spacial score (nSPS) is 10.4. The van der Waals surface area contributed by atoms with Crippen LogP contribution in [0, 0.1) is 13.8 Å². The van der Waals surface area contributed by atoms with Crippen LogP contribution in [0.3, 0.4) is 0 Å². The SMILES string of the molecule is Cc1cnc(C(=O)N(C)Cc2sccc2C)cn1. The van der Waals surface area contributed by atoms with Crippen LogP contribution >= 0.6 is 11.3 Å². The van der Waals surface area contributed by atoms with E-state index in [0.29, 0.717) is 12.2 Å². The molecule has 2 rings (SSSR count). The van der Waals surface area contributed by atoms with Crippen LogP contribution in [0.2, 0.25) is 0 Å². The zero-order chi connectivity index (χ0) is 13.1. The number of hydrogen-bond acceptors (Lipinski definition) is 4. The third kappa shape index (κ3) is 2.73. The standard InChI is InChI=1S/C13H15N3OS/c1-9-4-5-18-12(9)8-16(3)13(17)11-7-14-10(2)6-15-11/h4-7H,8H2,1-3H3. The molecule has 4 nitrogen and oxygen atoms in total. The fraction of sp³-hybridized carbons (Fsp3) is 0.308. The van der Waals surface area contributed by atoms with E-state index in [0.717, 1.165) is 5.69 Å².